The first kappa shape index (κ1) is 25.5. The fourth-order valence-electron chi connectivity index (χ4n) is 4.58. The summed E-state index contributed by atoms with van der Waals surface area (Å²) in [5, 5.41) is 6.68. The molecule has 3 aromatic heterocycles. The van der Waals surface area contributed by atoms with Gasteiger partial charge in [0.05, 0.1) is 11.1 Å². The molecule has 0 bridgehead atoms. The van der Waals surface area contributed by atoms with Crippen LogP contribution in [0.3, 0.4) is 0 Å². The van der Waals surface area contributed by atoms with Crippen molar-refractivity contribution < 1.29 is 22.7 Å². The van der Waals surface area contributed by atoms with Crippen LogP contribution in [-0.4, -0.2) is 52.0 Å². The SMILES string of the molecule is CN1CCC[C@H]1COc1cc(NC(=O)c2cccnc2NCc2ccnc3[nH]ccc23)cc(C(F)(F)F)c1. The molecule has 3 N–H and O–H groups in total. The number of halogens is 3. The van der Waals surface area contributed by atoms with E-state index in [1.807, 2.05) is 19.2 Å². The summed E-state index contributed by atoms with van der Waals surface area (Å²) < 4.78 is 46.6. The number of amides is 1. The number of carbonyl (C=O) groups is 1. The van der Waals surface area contributed by atoms with Gasteiger partial charge in [-0.2, -0.15) is 13.2 Å². The second kappa shape index (κ2) is 10.7. The van der Waals surface area contributed by atoms with Gasteiger partial charge in [0.25, 0.3) is 5.91 Å². The number of likely N-dealkylation sites (tertiary alicyclic amines) is 1. The van der Waals surface area contributed by atoms with E-state index in [1.165, 1.54) is 12.3 Å². The number of fused-ring (bicyclic) bond motifs is 1. The highest BCUT2D eigenvalue weighted by Crippen LogP contribution is 2.35. The standard InChI is InChI=1S/C27H27F3N6O2/c1-36-11-3-4-20(36)16-38-21-13-18(27(28,29)30)12-19(14-21)35-26(37)23-5-2-8-31-25(23)34-15-17-6-9-32-24-22(17)7-10-33-24/h2,5-10,12-14,20H,3-4,11,15-16H2,1H3,(H,31,34)(H,32,33)(H,35,37)/t20-/m0/s1. The average molecular weight is 525 g/mol. The molecule has 38 heavy (non-hydrogen) atoms. The number of carbonyl (C=O) groups excluding carboxylic acids is 1. The Morgan fingerprint density at radius 2 is 2.05 bits per heavy atom. The molecule has 1 amide bonds. The molecule has 0 spiro atoms. The number of alkyl halides is 3. The Labute approximate surface area is 217 Å². The third-order valence-electron chi connectivity index (χ3n) is 6.65. The maximum atomic E-state index is 13.6. The summed E-state index contributed by atoms with van der Waals surface area (Å²) in [5.74, 6) is -0.241. The van der Waals surface area contributed by atoms with E-state index in [0.29, 0.717) is 12.4 Å². The van der Waals surface area contributed by atoms with Crippen molar-refractivity contribution in [3.63, 3.8) is 0 Å². The fraction of sp³-hybridized carbons (Fsp3) is 0.296. The van der Waals surface area contributed by atoms with Gasteiger partial charge in [-0.1, -0.05) is 0 Å². The molecule has 1 atom stereocenters. The van der Waals surface area contributed by atoms with Crippen molar-refractivity contribution in [2.24, 2.45) is 0 Å². The summed E-state index contributed by atoms with van der Waals surface area (Å²) >= 11 is 0. The van der Waals surface area contributed by atoms with Gasteiger partial charge in [-0.05, 0) is 68.4 Å². The number of rotatable bonds is 8. The van der Waals surface area contributed by atoms with E-state index in [0.717, 1.165) is 48.1 Å². The van der Waals surface area contributed by atoms with Crippen molar-refractivity contribution in [3.8, 4) is 5.75 Å². The van der Waals surface area contributed by atoms with Gasteiger partial charge in [0.15, 0.2) is 0 Å². The van der Waals surface area contributed by atoms with Crippen molar-refractivity contribution >= 4 is 28.4 Å². The molecule has 8 nitrogen and oxygen atoms in total. The lowest BCUT2D eigenvalue weighted by Crippen LogP contribution is -2.30. The molecule has 11 heteroatoms. The summed E-state index contributed by atoms with van der Waals surface area (Å²) in [6.45, 7) is 1.56. The largest absolute Gasteiger partial charge is 0.492 e. The Bertz CT molecular complexity index is 1440. The van der Waals surface area contributed by atoms with Gasteiger partial charge in [-0.15, -0.1) is 0 Å². The second-order valence-corrected chi connectivity index (χ2v) is 9.25. The van der Waals surface area contributed by atoms with E-state index in [-0.39, 0.29) is 29.6 Å². The second-order valence-electron chi connectivity index (χ2n) is 9.25. The first-order valence-electron chi connectivity index (χ1n) is 12.2. The number of H-pyrrole nitrogens is 1. The Morgan fingerprint density at radius 3 is 2.84 bits per heavy atom. The van der Waals surface area contributed by atoms with Crippen molar-refractivity contribution in [2.75, 3.05) is 30.8 Å². The molecule has 5 rings (SSSR count). The Kier molecular flexibility index (Phi) is 7.19. The minimum atomic E-state index is -4.60. The molecule has 4 aromatic rings. The van der Waals surface area contributed by atoms with Crippen molar-refractivity contribution in [2.45, 2.75) is 31.6 Å². The van der Waals surface area contributed by atoms with E-state index in [4.69, 9.17) is 4.74 Å². The molecule has 1 aromatic carbocycles. The predicted octanol–water partition coefficient (Wildman–Crippen LogP) is 5.31. The topological polar surface area (TPSA) is 95.2 Å². The Balaban J connectivity index is 1.34. The molecule has 4 heterocycles. The number of anilines is 2. The first-order valence-corrected chi connectivity index (χ1v) is 12.2. The highest BCUT2D eigenvalue weighted by Gasteiger charge is 2.32. The van der Waals surface area contributed by atoms with Gasteiger partial charge in [0, 0.05) is 48.3 Å². The van der Waals surface area contributed by atoms with Crippen LogP contribution in [0.1, 0.15) is 34.3 Å². The summed E-state index contributed by atoms with van der Waals surface area (Å²) in [6.07, 6.45) is 2.35. The number of likely N-dealkylation sites (N-methyl/N-ethyl adjacent to an activating group) is 1. The highest BCUT2D eigenvalue weighted by atomic mass is 19.4. The smallest absolute Gasteiger partial charge is 0.416 e. The van der Waals surface area contributed by atoms with Crippen LogP contribution in [0.4, 0.5) is 24.7 Å². The number of nitrogens with one attached hydrogen (secondary N) is 3. The summed E-state index contributed by atoms with van der Waals surface area (Å²) in [6, 6.07) is 10.3. The molecule has 1 fully saturated rings. The van der Waals surface area contributed by atoms with Crippen LogP contribution >= 0.6 is 0 Å². The van der Waals surface area contributed by atoms with Crippen LogP contribution < -0.4 is 15.4 Å². The van der Waals surface area contributed by atoms with Crippen molar-refractivity contribution in [3.05, 3.63) is 77.7 Å². The lowest BCUT2D eigenvalue weighted by molar-refractivity contribution is -0.137. The third kappa shape index (κ3) is 5.72. The molecular formula is C27H27F3N6O2. The lowest BCUT2D eigenvalue weighted by Gasteiger charge is -2.20. The number of aromatic amines is 1. The van der Waals surface area contributed by atoms with Gasteiger partial charge >= 0.3 is 6.18 Å². The zero-order valence-corrected chi connectivity index (χ0v) is 20.7. The molecule has 1 saturated heterocycles. The molecule has 0 unspecified atom stereocenters. The van der Waals surface area contributed by atoms with E-state index in [1.54, 1.807) is 24.5 Å². The highest BCUT2D eigenvalue weighted by molar-refractivity contribution is 6.07. The molecule has 0 radical (unpaired) electrons. The maximum Gasteiger partial charge on any atom is 0.416 e. The van der Waals surface area contributed by atoms with Crippen LogP contribution in [0, 0.1) is 0 Å². The quantitative estimate of drug-likeness (QED) is 0.289. The third-order valence-corrected chi connectivity index (χ3v) is 6.65. The molecular weight excluding hydrogens is 497 g/mol. The zero-order valence-electron chi connectivity index (χ0n) is 20.7. The number of hydrogen-bond acceptors (Lipinski definition) is 6. The van der Waals surface area contributed by atoms with E-state index in [2.05, 4.69) is 30.5 Å². The Hall–Kier alpha value is -4.12. The predicted molar refractivity (Wildman–Crippen MR) is 138 cm³/mol. The lowest BCUT2D eigenvalue weighted by atomic mass is 10.1. The van der Waals surface area contributed by atoms with Gasteiger partial charge in [0.2, 0.25) is 0 Å². The van der Waals surface area contributed by atoms with Gasteiger partial charge < -0.3 is 25.3 Å². The van der Waals surface area contributed by atoms with Crippen LogP contribution in [0.2, 0.25) is 0 Å². The molecule has 0 saturated carbocycles. The minimum absolute atomic E-state index is 0.0161. The molecule has 1 aliphatic heterocycles. The number of hydrogen-bond donors (Lipinski definition) is 3. The van der Waals surface area contributed by atoms with Gasteiger partial charge in [-0.3, -0.25) is 4.79 Å². The van der Waals surface area contributed by atoms with Crippen molar-refractivity contribution in [1.29, 1.82) is 0 Å². The number of pyridine rings is 2. The van der Waals surface area contributed by atoms with Gasteiger partial charge in [0.1, 0.15) is 23.8 Å². The van der Waals surface area contributed by atoms with E-state index < -0.39 is 17.6 Å². The van der Waals surface area contributed by atoms with Crippen LogP contribution in [-0.2, 0) is 12.7 Å². The molecule has 1 aliphatic rings. The number of nitrogens with zero attached hydrogens (tertiary/aromatic N) is 3. The van der Waals surface area contributed by atoms with Crippen LogP contribution in [0.25, 0.3) is 11.0 Å². The average Bonchev–Trinajstić information content (AvgIpc) is 3.54. The zero-order chi connectivity index (χ0) is 26.7. The monoisotopic (exact) mass is 524 g/mol. The molecule has 0 aliphatic carbocycles. The van der Waals surface area contributed by atoms with E-state index in [9.17, 15) is 18.0 Å². The van der Waals surface area contributed by atoms with Crippen LogP contribution in [0.15, 0.2) is 61.1 Å². The normalized spacial score (nSPS) is 16.1. The van der Waals surface area contributed by atoms with E-state index >= 15 is 0 Å². The fourth-order valence-corrected chi connectivity index (χ4v) is 4.58. The van der Waals surface area contributed by atoms with Gasteiger partial charge in [-0.25, -0.2) is 9.97 Å². The maximum absolute atomic E-state index is 13.6. The number of ether oxygens (including phenoxy) is 1. The molecule has 198 valence electrons. The number of aromatic nitrogens is 3. The number of benzene rings is 1. The summed E-state index contributed by atoms with van der Waals surface area (Å²) in [4.78, 5) is 26.9. The minimum Gasteiger partial charge on any atom is -0.492 e. The first-order chi connectivity index (χ1) is 18.3. The summed E-state index contributed by atoms with van der Waals surface area (Å²) in [7, 11) is 1.97. The van der Waals surface area contributed by atoms with Crippen molar-refractivity contribution in [1.82, 2.24) is 19.9 Å². The summed E-state index contributed by atoms with van der Waals surface area (Å²) in [5.41, 5.74) is 0.964. The Morgan fingerprint density at radius 1 is 1.18 bits per heavy atom. The van der Waals surface area contributed by atoms with Crippen LogP contribution in [0.5, 0.6) is 5.75 Å².